The van der Waals surface area contributed by atoms with Gasteiger partial charge in [-0.05, 0) is 92.2 Å². The van der Waals surface area contributed by atoms with E-state index in [4.69, 9.17) is 19.9 Å². The molecule has 1 aromatic carbocycles. The van der Waals surface area contributed by atoms with Crippen LogP contribution in [0.2, 0.25) is 0 Å². The monoisotopic (exact) mass is 533 g/mol. The van der Waals surface area contributed by atoms with Crippen molar-refractivity contribution in [1.82, 2.24) is 0 Å². The van der Waals surface area contributed by atoms with Gasteiger partial charge >= 0.3 is 0 Å². The highest BCUT2D eigenvalue weighted by molar-refractivity contribution is 5.81. The second-order valence-corrected chi connectivity index (χ2v) is 12.1. The zero-order chi connectivity index (χ0) is 28.1. The summed E-state index contributed by atoms with van der Waals surface area (Å²) in [5, 5.41) is 11.1. The van der Waals surface area contributed by atoms with Crippen LogP contribution in [-0.2, 0) is 27.1 Å². The second kappa shape index (κ2) is 17.3. The number of aliphatic hydroxyl groups excluding tert-OH is 1. The number of aliphatic hydroxyl groups is 1. The van der Waals surface area contributed by atoms with E-state index in [1.807, 2.05) is 0 Å². The van der Waals surface area contributed by atoms with Crippen LogP contribution in [0, 0.1) is 29.6 Å². The van der Waals surface area contributed by atoms with Gasteiger partial charge in [-0.25, -0.2) is 0 Å². The number of carbonyl (C=O) groups excluding carboxylic acids is 1. The molecule has 0 unspecified atom stereocenters. The van der Waals surface area contributed by atoms with Gasteiger partial charge in [0.2, 0.25) is 0 Å². The van der Waals surface area contributed by atoms with E-state index in [0.29, 0.717) is 30.6 Å². The SMILES string of the molecule is COCCCCc1cc(C[C@@H](C[C@H](N)[C@@H](O)C[C@H](C(=O)CC2CCOCC2)C(C)C)C(C)C)ccc1OC. The molecule has 0 radical (unpaired) electrons. The molecule has 0 saturated carbocycles. The lowest BCUT2D eigenvalue weighted by molar-refractivity contribution is -0.127. The molecule has 0 aliphatic carbocycles. The molecular formula is C32H55NO5. The average Bonchev–Trinajstić information content (AvgIpc) is 2.89. The van der Waals surface area contributed by atoms with Gasteiger partial charge in [0.1, 0.15) is 11.5 Å². The highest BCUT2D eigenvalue weighted by Crippen LogP contribution is 2.30. The van der Waals surface area contributed by atoms with Crippen LogP contribution in [0.15, 0.2) is 18.2 Å². The van der Waals surface area contributed by atoms with Gasteiger partial charge in [0.05, 0.1) is 13.2 Å². The van der Waals surface area contributed by atoms with Crippen molar-refractivity contribution in [1.29, 1.82) is 0 Å². The Hall–Kier alpha value is -1.47. The molecule has 2 rings (SSSR count). The van der Waals surface area contributed by atoms with E-state index in [9.17, 15) is 9.90 Å². The summed E-state index contributed by atoms with van der Waals surface area (Å²) in [6, 6.07) is 6.14. The van der Waals surface area contributed by atoms with Gasteiger partial charge in [0.15, 0.2) is 0 Å². The number of Topliss-reactive ketones (excluding diaryl/α,β-unsaturated/α-hetero) is 1. The lowest BCUT2D eigenvalue weighted by Crippen LogP contribution is -2.40. The van der Waals surface area contributed by atoms with Crippen LogP contribution in [0.25, 0.3) is 0 Å². The first-order chi connectivity index (χ1) is 18.2. The van der Waals surface area contributed by atoms with E-state index in [1.165, 1.54) is 11.1 Å². The van der Waals surface area contributed by atoms with Crippen LogP contribution in [0.5, 0.6) is 5.75 Å². The number of hydrogen-bond acceptors (Lipinski definition) is 6. The lowest BCUT2D eigenvalue weighted by Gasteiger charge is -2.31. The topological polar surface area (TPSA) is 91.0 Å². The predicted molar refractivity (Wildman–Crippen MR) is 155 cm³/mol. The molecule has 1 aliphatic heterocycles. The molecular weight excluding hydrogens is 478 g/mol. The fraction of sp³-hybridized carbons (Fsp3) is 0.781. The predicted octanol–water partition coefficient (Wildman–Crippen LogP) is 5.61. The summed E-state index contributed by atoms with van der Waals surface area (Å²) < 4.78 is 16.3. The number of benzene rings is 1. The van der Waals surface area contributed by atoms with E-state index in [2.05, 4.69) is 45.9 Å². The fourth-order valence-electron chi connectivity index (χ4n) is 5.71. The molecule has 6 heteroatoms. The van der Waals surface area contributed by atoms with Gasteiger partial charge in [-0.15, -0.1) is 0 Å². The van der Waals surface area contributed by atoms with Crippen LogP contribution in [0.1, 0.15) is 83.8 Å². The number of ether oxygens (including phenoxy) is 3. The van der Waals surface area contributed by atoms with Crippen molar-refractivity contribution < 1.29 is 24.1 Å². The molecule has 0 amide bonds. The lowest BCUT2D eigenvalue weighted by atomic mass is 9.78. The first-order valence-electron chi connectivity index (χ1n) is 14.8. The minimum Gasteiger partial charge on any atom is -0.496 e. The molecule has 6 nitrogen and oxygen atoms in total. The zero-order valence-electron chi connectivity index (χ0n) is 24.9. The number of ketones is 1. The molecule has 38 heavy (non-hydrogen) atoms. The molecule has 1 heterocycles. The Morgan fingerprint density at radius 2 is 1.79 bits per heavy atom. The van der Waals surface area contributed by atoms with Crippen molar-refractivity contribution in [3.05, 3.63) is 29.3 Å². The van der Waals surface area contributed by atoms with Gasteiger partial charge < -0.3 is 25.1 Å². The van der Waals surface area contributed by atoms with Crippen molar-refractivity contribution >= 4 is 5.78 Å². The first-order valence-corrected chi connectivity index (χ1v) is 14.8. The maximum absolute atomic E-state index is 13.2. The molecule has 0 aromatic heterocycles. The highest BCUT2D eigenvalue weighted by atomic mass is 16.5. The Labute approximate surface area is 232 Å². The van der Waals surface area contributed by atoms with Crippen molar-refractivity contribution in [2.45, 2.75) is 97.6 Å². The average molecular weight is 534 g/mol. The maximum atomic E-state index is 13.2. The number of methoxy groups -OCH3 is 2. The zero-order valence-corrected chi connectivity index (χ0v) is 24.9. The first kappa shape index (κ1) is 32.7. The Balaban J connectivity index is 2.00. The molecule has 4 atom stereocenters. The summed E-state index contributed by atoms with van der Waals surface area (Å²) in [5.74, 6) is 2.41. The minimum atomic E-state index is -0.686. The maximum Gasteiger partial charge on any atom is 0.136 e. The molecule has 0 spiro atoms. The quantitative estimate of drug-likeness (QED) is 0.239. The third-order valence-corrected chi connectivity index (χ3v) is 8.44. The smallest absolute Gasteiger partial charge is 0.136 e. The third kappa shape index (κ3) is 11.0. The van der Waals surface area contributed by atoms with Crippen molar-refractivity contribution in [2.75, 3.05) is 34.0 Å². The largest absolute Gasteiger partial charge is 0.496 e. The van der Waals surface area contributed by atoms with Crippen molar-refractivity contribution in [2.24, 2.45) is 35.3 Å². The fourth-order valence-corrected chi connectivity index (χ4v) is 5.71. The number of unbranched alkanes of at least 4 members (excludes halogenated alkanes) is 1. The second-order valence-electron chi connectivity index (χ2n) is 12.1. The number of rotatable bonds is 18. The van der Waals surface area contributed by atoms with E-state index >= 15 is 0 Å². The normalized spacial score (nSPS) is 17.9. The Morgan fingerprint density at radius 3 is 2.39 bits per heavy atom. The van der Waals surface area contributed by atoms with E-state index < -0.39 is 6.10 Å². The summed E-state index contributed by atoms with van der Waals surface area (Å²) in [7, 11) is 3.47. The summed E-state index contributed by atoms with van der Waals surface area (Å²) >= 11 is 0. The Bertz CT molecular complexity index is 805. The number of aryl methyl sites for hydroxylation is 1. The summed E-state index contributed by atoms with van der Waals surface area (Å²) in [6.45, 7) is 10.9. The van der Waals surface area contributed by atoms with Gasteiger partial charge in [-0.2, -0.15) is 0 Å². The number of carbonyl (C=O) groups is 1. The number of hydrogen-bond donors (Lipinski definition) is 2. The summed E-state index contributed by atoms with van der Waals surface area (Å²) in [4.78, 5) is 13.2. The number of nitrogens with two attached hydrogens (primary N) is 1. The molecule has 218 valence electrons. The van der Waals surface area contributed by atoms with Crippen LogP contribution in [0.4, 0.5) is 0 Å². The Kier molecular flexibility index (Phi) is 14.9. The molecule has 3 N–H and O–H groups in total. The highest BCUT2D eigenvalue weighted by Gasteiger charge is 2.31. The van der Waals surface area contributed by atoms with E-state index in [1.54, 1.807) is 14.2 Å². The summed E-state index contributed by atoms with van der Waals surface area (Å²) in [5.41, 5.74) is 9.11. The van der Waals surface area contributed by atoms with E-state index in [0.717, 1.165) is 70.5 Å². The third-order valence-electron chi connectivity index (χ3n) is 8.44. The van der Waals surface area contributed by atoms with Gasteiger partial charge in [-0.1, -0.05) is 39.8 Å². The molecule has 1 aliphatic rings. The van der Waals surface area contributed by atoms with Crippen molar-refractivity contribution in [3.8, 4) is 5.75 Å². The molecule has 1 saturated heterocycles. The molecule has 0 bridgehead atoms. The van der Waals surface area contributed by atoms with Gasteiger partial charge in [0, 0.05) is 45.3 Å². The van der Waals surface area contributed by atoms with Gasteiger partial charge in [0.25, 0.3) is 0 Å². The minimum absolute atomic E-state index is 0.154. The van der Waals surface area contributed by atoms with Crippen LogP contribution >= 0.6 is 0 Å². The van der Waals surface area contributed by atoms with Crippen LogP contribution in [0.3, 0.4) is 0 Å². The van der Waals surface area contributed by atoms with Gasteiger partial charge in [-0.3, -0.25) is 4.79 Å². The molecule has 1 aromatic rings. The Morgan fingerprint density at radius 1 is 1.08 bits per heavy atom. The van der Waals surface area contributed by atoms with Crippen molar-refractivity contribution in [3.63, 3.8) is 0 Å². The standard InChI is InChI=1S/C32H55NO5/c1-22(2)27(18-25-10-11-32(37-6)26(17-25)9-7-8-14-36-5)20-29(33)31(35)21-28(23(3)4)30(34)19-24-12-15-38-16-13-24/h10-11,17,22-24,27-29,31,35H,7-9,12-16,18-21,33H2,1-6H3/t27-,28-,29-,31-/m0/s1. The molecule has 1 fully saturated rings. The van der Waals surface area contributed by atoms with Crippen LogP contribution in [-0.4, -0.2) is 57.1 Å². The van der Waals surface area contributed by atoms with E-state index in [-0.39, 0.29) is 23.7 Å². The van der Waals surface area contributed by atoms with Crippen LogP contribution < -0.4 is 10.5 Å². The summed E-state index contributed by atoms with van der Waals surface area (Å²) in [6.07, 6.45) is 6.94.